The van der Waals surface area contributed by atoms with Crippen LogP contribution in [0.1, 0.15) is 33.6 Å². The maximum Gasteiger partial charge on any atom is 0.410 e. The molecule has 0 aliphatic carbocycles. The Labute approximate surface area is 96.1 Å². The van der Waals surface area contributed by atoms with Crippen molar-refractivity contribution in [2.45, 2.75) is 39.2 Å². The van der Waals surface area contributed by atoms with Crippen LogP contribution < -0.4 is 0 Å². The Kier molecular flexibility index (Phi) is 4.15. The van der Waals surface area contributed by atoms with Gasteiger partial charge in [-0.15, -0.1) is 5.16 Å². The fourth-order valence-electron chi connectivity index (χ4n) is 1.72. The Hall–Kier alpha value is -1.26. The number of carbonyl (C=O) groups is 1. The highest BCUT2D eigenvalue weighted by atomic mass is 16.6. The summed E-state index contributed by atoms with van der Waals surface area (Å²) in [5.41, 5.74) is -0.463. The van der Waals surface area contributed by atoms with Gasteiger partial charge in [0.15, 0.2) is 0 Å². The van der Waals surface area contributed by atoms with E-state index in [9.17, 15) is 4.79 Å². The molecule has 5 nitrogen and oxygen atoms in total. The number of oxime groups is 1. The zero-order valence-electron chi connectivity index (χ0n) is 10.1. The molecule has 5 heteroatoms. The highest BCUT2D eigenvalue weighted by molar-refractivity contribution is 5.69. The van der Waals surface area contributed by atoms with Gasteiger partial charge in [0.2, 0.25) is 0 Å². The van der Waals surface area contributed by atoms with Crippen molar-refractivity contribution < 1.29 is 14.7 Å². The van der Waals surface area contributed by atoms with E-state index in [-0.39, 0.29) is 12.0 Å². The van der Waals surface area contributed by atoms with E-state index >= 15 is 0 Å². The van der Waals surface area contributed by atoms with Crippen LogP contribution in [-0.4, -0.2) is 41.1 Å². The van der Waals surface area contributed by atoms with E-state index in [4.69, 9.17) is 9.94 Å². The molecule has 0 aromatic heterocycles. The molecular formula is C11H20N2O3. The van der Waals surface area contributed by atoms with E-state index in [0.29, 0.717) is 13.1 Å². The molecule has 1 saturated heterocycles. The molecule has 92 valence electrons. The SMILES string of the molecule is CC(C)(C)OC(=O)N1CCCC(C=NO)C1. The molecule has 1 unspecified atom stereocenters. The molecular weight excluding hydrogens is 208 g/mol. The molecule has 0 spiro atoms. The van der Waals surface area contributed by atoms with Crippen LogP contribution in [0.3, 0.4) is 0 Å². The number of likely N-dealkylation sites (tertiary alicyclic amines) is 1. The van der Waals surface area contributed by atoms with Gasteiger partial charge in [0, 0.05) is 25.2 Å². The topological polar surface area (TPSA) is 62.1 Å². The number of amides is 1. The zero-order chi connectivity index (χ0) is 12.2. The van der Waals surface area contributed by atoms with Crippen LogP contribution in [0.25, 0.3) is 0 Å². The van der Waals surface area contributed by atoms with Crippen molar-refractivity contribution in [1.29, 1.82) is 0 Å². The third kappa shape index (κ3) is 4.08. The molecule has 16 heavy (non-hydrogen) atoms. The maximum atomic E-state index is 11.8. The Bertz CT molecular complexity index is 271. The average molecular weight is 228 g/mol. The van der Waals surface area contributed by atoms with Gasteiger partial charge in [-0.3, -0.25) is 0 Å². The number of hydrogen-bond donors (Lipinski definition) is 1. The first kappa shape index (κ1) is 12.8. The van der Waals surface area contributed by atoms with Crippen LogP contribution in [0.5, 0.6) is 0 Å². The molecule has 0 radical (unpaired) electrons. The summed E-state index contributed by atoms with van der Waals surface area (Å²) in [5, 5.41) is 11.5. The van der Waals surface area contributed by atoms with Crippen molar-refractivity contribution >= 4 is 12.3 Å². The first-order valence-corrected chi connectivity index (χ1v) is 5.58. The lowest BCUT2D eigenvalue weighted by molar-refractivity contribution is 0.0194. The first-order chi connectivity index (χ1) is 7.42. The Morgan fingerprint density at radius 3 is 2.81 bits per heavy atom. The van der Waals surface area contributed by atoms with E-state index in [0.717, 1.165) is 12.8 Å². The van der Waals surface area contributed by atoms with Gasteiger partial charge in [0.05, 0.1) is 0 Å². The maximum absolute atomic E-state index is 11.8. The van der Waals surface area contributed by atoms with Crippen LogP contribution >= 0.6 is 0 Å². The number of nitrogens with zero attached hydrogens (tertiary/aromatic N) is 2. The van der Waals surface area contributed by atoms with Crippen LogP contribution in [0.2, 0.25) is 0 Å². The van der Waals surface area contributed by atoms with Gasteiger partial charge in [-0.1, -0.05) is 0 Å². The van der Waals surface area contributed by atoms with Crippen molar-refractivity contribution in [2.24, 2.45) is 11.1 Å². The molecule has 0 saturated carbocycles. The molecule has 1 fully saturated rings. The predicted octanol–water partition coefficient (Wildman–Crippen LogP) is 2.09. The van der Waals surface area contributed by atoms with Crippen molar-refractivity contribution in [3.63, 3.8) is 0 Å². The molecule has 0 aromatic carbocycles. The van der Waals surface area contributed by atoms with Gasteiger partial charge >= 0.3 is 6.09 Å². The number of hydrogen-bond acceptors (Lipinski definition) is 4. The second-order valence-corrected chi connectivity index (χ2v) is 5.09. The molecule has 1 heterocycles. The summed E-state index contributed by atoms with van der Waals surface area (Å²) in [4.78, 5) is 13.4. The summed E-state index contributed by atoms with van der Waals surface area (Å²) < 4.78 is 5.28. The van der Waals surface area contributed by atoms with Crippen LogP contribution in [-0.2, 0) is 4.74 Å². The predicted molar refractivity (Wildman–Crippen MR) is 60.8 cm³/mol. The third-order valence-corrected chi connectivity index (χ3v) is 2.39. The summed E-state index contributed by atoms with van der Waals surface area (Å²) in [6.45, 7) is 6.83. The fraction of sp³-hybridized carbons (Fsp3) is 0.818. The summed E-state index contributed by atoms with van der Waals surface area (Å²) in [7, 11) is 0. The van der Waals surface area contributed by atoms with Gasteiger partial charge in [0.25, 0.3) is 0 Å². The zero-order valence-corrected chi connectivity index (χ0v) is 10.1. The Balaban J connectivity index is 2.50. The smallest absolute Gasteiger partial charge is 0.410 e. The van der Waals surface area contributed by atoms with Gasteiger partial charge < -0.3 is 14.8 Å². The third-order valence-electron chi connectivity index (χ3n) is 2.39. The number of ether oxygens (including phenoxy) is 1. The average Bonchev–Trinajstić information content (AvgIpc) is 2.16. The summed E-state index contributed by atoms with van der Waals surface area (Å²) in [6.07, 6.45) is 3.05. The number of carbonyl (C=O) groups excluding carboxylic acids is 1. The molecule has 0 bridgehead atoms. The van der Waals surface area contributed by atoms with Crippen molar-refractivity contribution in [3.05, 3.63) is 0 Å². The highest BCUT2D eigenvalue weighted by Gasteiger charge is 2.26. The van der Waals surface area contributed by atoms with Gasteiger partial charge in [-0.2, -0.15) is 0 Å². The largest absolute Gasteiger partial charge is 0.444 e. The number of piperidine rings is 1. The standard InChI is InChI=1S/C11H20N2O3/c1-11(2,3)16-10(14)13-6-4-5-9(8-13)7-12-15/h7,9,15H,4-6,8H2,1-3H3. The van der Waals surface area contributed by atoms with Crippen molar-refractivity contribution in [1.82, 2.24) is 4.90 Å². The minimum absolute atomic E-state index is 0.131. The number of rotatable bonds is 1. The molecule has 1 rings (SSSR count). The molecule has 1 atom stereocenters. The van der Waals surface area contributed by atoms with E-state index in [2.05, 4.69) is 5.16 Å². The molecule has 1 amide bonds. The lowest BCUT2D eigenvalue weighted by Crippen LogP contribution is -2.43. The monoisotopic (exact) mass is 228 g/mol. The molecule has 0 aromatic rings. The fourth-order valence-corrected chi connectivity index (χ4v) is 1.72. The van der Waals surface area contributed by atoms with Crippen LogP contribution in [0.15, 0.2) is 5.16 Å². The second kappa shape index (κ2) is 5.18. The molecule has 1 aliphatic rings. The minimum atomic E-state index is -0.463. The van der Waals surface area contributed by atoms with Gasteiger partial charge in [-0.05, 0) is 33.6 Å². The first-order valence-electron chi connectivity index (χ1n) is 5.58. The summed E-state index contributed by atoms with van der Waals surface area (Å²) in [5.74, 6) is 0.131. The van der Waals surface area contributed by atoms with Gasteiger partial charge in [-0.25, -0.2) is 4.79 Å². The van der Waals surface area contributed by atoms with Crippen molar-refractivity contribution in [3.8, 4) is 0 Å². The lowest BCUT2D eigenvalue weighted by Gasteiger charge is -2.32. The minimum Gasteiger partial charge on any atom is -0.444 e. The van der Waals surface area contributed by atoms with Crippen LogP contribution in [0, 0.1) is 5.92 Å². The van der Waals surface area contributed by atoms with E-state index in [1.807, 2.05) is 20.8 Å². The Morgan fingerprint density at radius 1 is 1.56 bits per heavy atom. The second-order valence-electron chi connectivity index (χ2n) is 5.09. The normalized spacial score (nSPS) is 22.4. The van der Waals surface area contributed by atoms with E-state index < -0.39 is 5.60 Å². The van der Waals surface area contributed by atoms with Crippen molar-refractivity contribution in [2.75, 3.05) is 13.1 Å². The summed E-state index contributed by atoms with van der Waals surface area (Å²) >= 11 is 0. The summed E-state index contributed by atoms with van der Waals surface area (Å²) in [6, 6.07) is 0. The molecule has 1 aliphatic heterocycles. The highest BCUT2D eigenvalue weighted by Crippen LogP contribution is 2.18. The Morgan fingerprint density at radius 2 is 2.25 bits per heavy atom. The quantitative estimate of drug-likeness (QED) is 0.424. The molecule has 1 N–H and O–H groups in total. The van der Waals surface area contributed by atoms with Gasteiger partial charge in [0.1, 0.15) is 5.60 Å². The lowest BCUT2D eigenvalue weighted by atomic mass is 10.00. The van der Waals surface area contributed by atoms with E-state index in [1.54, 1.807) is 4.90 Å². The van der Waals surface area contributed by atoms with Crippen LogP contribution in [0.4, 0.5) is 4.79 Å². The van der Waals surface area contributed by atoms with E-state index in [1.165, 1.54) is 6.21 Å².